The molecular weight excluding hydrogens is 328 g/mol. The molecule has 7 heteroatoms. The van der Waals surface area contributed by atoms with Crippen LogP contribution in [-0.2, 0) is 14.6 Å². The number of ether oxygens (including phenoxy) is 1. The Morgan fingerprint density at radius 2 is 1.96 bits per heavy atom. The van der Waals surface area contributed by atoms with Crippen LogP contribution in [0.2, 0.25) is 0 Å². The first kappa shape index (κ1) is 18.7. The molecule has 0 heterocycles. The van der Waals surface area contributed by atoms with Gasteiger partial charge < -0.3 is 15.4 Å². The molecule has 0 bridgehead atoms. The van der Waals surface area contributed by atoms with E-state index >= 15 is 0 Å². The molecule has 1 saturated carbocycles. The lowest BCUT2D eigenvalue weighted by atomic mass is 10.1. The number of rotatable bonds is 7. The van der Waals surface area contributed by atoms with Crippen molar-refractivity contribution in [3.05, 3.63) is 24.3 Å². The first-order valence-electron chi connectivity index (χ1n) is 8.21. The Kier molecular flexibility index (Phi) is 6.23. The summed E-state index contributed by atoms with van der Waals surface area (Å²) >= 11 is 0. The maximum absolute atomic E-state index is 12.3. The van der Waals surface area contributed by atoms with Crippen LogP contribution in [0.1, 0.15) is 25.7 Å². The van der Waals surface area contributed by atoms with Crippen molar-refractivity contribution in [1.82, 2.24) is 4.90 Å². The van der Waals surface area contributed by atoms with Crippen molar-refractivity contribution in [3.63, 3.8) is 0 Å². The van der Waals surface area contributed by atoms with Crippen molar-refractivity contribution in [1.29, 1.82) is 0 Å². The molecule has 0 spiro atoms. The lowest BCUT2D eigenvalue weighted by Crippen LogP contribution is -2.33. The molecule has 0 aromatic heterocycles. The average Bonchev–Trinajstić information content (AvgIpc) is 2.96. The topological polar surface area (TPSA) is 89.7 Å². The van der Waals surface area contributed by atoms with E-state index in [0.29, 0.717) is 18.9 Å². The number of sulfone groups is 1. The summed E-state index contributed by atoms with van der Waals surface area (Å²) in [7, 11) is -1.37. The highest BCUT2D eigenvalue weighted by molar-refractivity contribution is 7.90. The molecule has 0 aliphatic heterocycles. The summed E-state index contributed by atoms with van der Waals surface area (Å²) in [6.45, 7) is 1.10. The summed E-state index contributed by atoms with van der Waals surface area (Å²) in [5.74, 6) is 0.855. The minimum Gasteiger partial charge on any atom is -0.494 e. The Balaban J connectivity index is 1.71. The Hall–Kier alpha value is -1.60. The largest absolute Gasteiger partial charge is 0.494 e. The summed E-state index contributed by atoms with van der Waals surface area (Å²) in [5, 5.41) is 0. The van der Waals surface area contributed by atoms with Gasteiger partial charge in [0.15, 0.2) is 9.84 Å². The molecule has 2 atom stereocenters. The lowest BCUT2D eigenvalue weighted by molar-refractivity contribution is -0.134. The van der Waals surface area contributed by atoms with E-state index in [0.717, 1.165) is 25.7 Å². The minimum absolute atomic E-state index is 0.0643. The van der Waals surface area contributed by atoms with Gasteiger partial charge in [-0.25, -0.2) is 8.42 Å². The second-order valence-electron chi connectivity index (χ2n) is 6.48. The van der Waals surface area contributed by atoms with Gasteiger partial charge in [0, 0.05) is 31.8 Å². The van der Waals surface area contributed by atoms with Gasteiger partial charge in [-0.1, -0.05) is 0 Å². The van der Waals surface area contributed by atoms with Crippen LogP contribution < -0.4 is 10.5 Å². The maximum Gasteiger partial charge on any atom is 0.225 e. The summed E-state index contributed by atoms with van der Waals surface area (Å²) in [6.07, 6.45) is 4.48. The van der Waals surface area contributed by atoms with Crippen LogP contribution in [-0.4, -0.2) is 51.7 Å². The molecule has 6 nitrogen and oxygen atoms in total. The summed E-state index contributed by atoms with van der Waals surface area (Å²) in [6, 6.07) is 6.51. The van der Waals surface area contributed by atoms with E-state index in [1.54, 1.807) is 17.0 Å². The van der Waals surface area contributed by atoms with Crippen LogP contribution in [0, 0.1) is 5.92 Å². The molecule has 0 radical (unpaired) electrons. The van der Waals surface area contributed by atoms with Gasteiger partial charge >= 0.3 is 0 Å². The van der Waals surface area contributed by atoms with Gasteiger partial charge in [-0.3, -0.25) is 4.79 Å². The molecular formula is C17H26N2O4S. The van der Waals surface area contributed by atoms with Gasteiger partial charge in [0.2, 0.25) is 5.91 Å². The van der Waals surface area contributed by atoms with Crippen LogP contribution in [0.3, 0.4) is 0 Å². The number of nitrogens with two attached hydrogens (primary N) is 1. The molecule has 2 N–H and O–H groups in total. The van der Waals surface area contributed by atoms with Crippen molar-refractivity contribution in [3.8, 4) is 5.75 Å². The minimum atomic E-state index is -3.19. The molecule has 1 amide bonds. The zero-order chi connectivity index (χ0) is 17.7. The predicted octanol–water partition coefficient (Wildman–Crippen LogP) is 1.44. The molecule has 1 aliphatic rings. The normalized spacial score (nSPS) is 20.8. The SMILES string of the molecule is CN(CCCOc1ccc(S(C)(=O)=O)cc1)C(=O)C1CCC(N)C1. The molecule has 134 valence electrons. The molecule has 2 rings (SSSR count). The molecule has 1 aromatic carbocycles. The third-order valence-electron chi connectivity index (χ3n) is 4.36. The zero-order valence-electron chi connectivity index (χ0n) is 14.3. The van der Waals surface area contributed by atoms with Crippen LogP contribution in [0.4, 0.5) is 0 Å². The zero-order valence-corrected chi connectivity index (χ0v) is 15.1. The number of carbonyl (C=O) groups excluding carboxylic acids is 1. The lowest BCUT2D eigenvalue weighted by Gasteiger charge is -2.21. The standard InChI is InChI=1S/C17H26N2O4S/c1-19(17(20)13-4-5-14(18)12-13)10-3-11-23-15-6-8-16(9-7-15)24(2,21)22/h6-9,13-14H,3-5,10-12,18H2,1-2H3. The molecule has 1 aromatic rings. The summed E-state index contributed by atoms with van der Waals surface area (Å²) < 4.78 is 28.4. The van der Waals surface area contributed by atoms with Gasteiger partial charge in [0.05, 0.1) is 11.5 Å². The van der Waals surface area contributed by atoms with Gasteiger partial charge in [0.1, 0.15) is 5.75 Å². The van der Waals surface area contributed by atoms with Crippen LogP contribution in [0.25, 0.3) is 0 Å². The Labute approximate surface area is 143 Å². The Bertz CT molecular complexity index is 658. The van der Waals surface area contributed by atoms with E-state index in [9.17, 15) is 13.2 Å². The van der Waals surface area contributed by atoms with Crippen molar-refractivity contribution in [2.24, 2.45) is 11.7 Å². The van der Waals surface area contributed by atoms with Crippen LogP contribution in [0.15, 0.2) is 29.2 Å². The highest BCUT2D eigenvalue weighted by atomic mass is 32.2. The second-order valence-corrected chi connectivity index (χ2v) is 8.49. The first-order valence-corrected chi connectivity index (χ1v) is 10.1. The quantitative estimate of drug-likeness (QED) is 0.749. The molecule has 0 saturated heterocycles. The summed E-state index contributed by atoms with van der Waals surface area (Å²) in [5.41, 5.74) is 5.86. The number of amides is 1. The van der Waals surface area contributed by atoms with Crippen molar-refractivity contribution in [2.75, 3.05) is 26.5 Å². The van der Waals surface area contributed by atoms with Crippen LogP contribution in [0.5, 0.6) is 5.75 Å². The molecule has 2 unspecified atom stereocenters. The number of carbonyl (C=O) groups is 1. The third kappa shape index (κ3) is 5.21. The predicted molar refractivity (Wildman–Crippen MR) is 92.6 cm³/mol. The van der Waals surface area contributed by atoms with Crippen LogP contribution >= 0.6 is 0 Å². The number of hydrogen-bond donors (Lipinski definition) is 1. The average molecular weight is 354 g/mol. The monoisotopic (exact) mass is 354 g/mol. The van der Waals surface area contributed by atoms with Crippen molar-refractivity contribution >= 4 is 15.7 Å². The molecule has 1 aliphatic carbocycles. The summed E-state index contributed by atoms with van der Waals surface area (Å²) in [4.78, 5) is 14.3. The smallest absolute Gasteiger partial charge is 0.225 e. The van der Waals surface area contributed by atoms with E-state index in [2.05, 4.69) is 0 Å². The van der Waals surface area contributed by atoms with E-state index in [-0.39, 0.29) is 22.8 Å². The fourth-order valence-corrected chi connectivity index (χ4v) is 3.57. The van der Waals surface area contributed by atoms with Gasteiger partial charge in [-0.05, 0) is 49.9 Å². The van der Waals surface area contributed by atoms with E-state index < -0.39 is 9.84 Å². The first-order chi connectivity index (χ1) is 11.3. The number of hydrogen-bond acceptors (Lipinski definition) is 5. The maximum atomic E-state index is 12.3. The number of benzene rings is 1. The van der Waals surface area contributed by atoms with Crippen molar-refractivity contribution < 1.29 is 17.9 Å². The molecule has 1 fully saturated rings. The second kappa shape index (κ2) is 7.98. The van der Waals surface area contributed by atoms with Gasteiger partial charge in [-0.15, -0.1) is 0 Å². The fraction of sp³-hybridized carbons (Fsp3) is 0.588. The van der Waals surface area contributed by atoms with Gasteiger partial charge in [0.25, 0.3) is 0 Å². The van der Waals surface area contributed by atoms with E-state index in [4.69, 9.17) is 10.5 Å². The fourth-order valence-electron chi connectivity index (χ4n) is 2.94. The van der Waals surface area contributed by atoms with Crippen molar-refractivity contribution in [2.45, 2.75) is 36.6 Å². The third-order valence-corrected chi connectivity index (χ3v) is 5.49. The number of nitrogens with zero attached hydrogens (tertiary/aromatic N) is 1. The van der Waals surface area contributed by atoms with E-state index in [1.165, 1.54) is 18.4 Å². The van der Waals surface area contributed by atoms with Gasteiger partial charge in [-0.2, -0.15) is 0 Å². The van der Waals surface area contributed by atoms with E-state index in [1.807, 2.05) is 7.05 Å². The highest BCUT2D eigenvalue weighted by Gasteiger charge is 2.29. The Morgan fingerprint density at radius 3 is 2.50 bits per heavy atom. The Morgan fingerprint density at radius 1 is 1.29 bits per heavy atom. The highest BCUT2D eigenvalue weighted by Crippen LogP contribution is 2.25. The molecule has 24 heavy (non-hydrogen) atoms.